The third-order valence-corrected chi connectivity index (χ3v) is 4.51. The number of carbonyl (C=O) groups excluding carboxylic acids is 1. The van der Waals surface area contributed by atoms with Crippen LogP contribution >= 0.6 is 15.9 Å². The number of anilines is 1. The van der Waals surface area contributed by atoms with Gasteiger partial charge in [-0.1, -0.05) is 24.3 Å². The second kappa shape index (κ2) is 7.61. The molecule has 1 amide bonds. The lowest BCUT2D eigenvalue weighted by Gasteiger charge is -2.37. The van der Waals surface area contributed by atoms with Crippen LogP contribution in [0, 0.1) is 0 Å². The summed E-state index contributed by atoms with van der Waals surface area (Å²) in [6, 6.07) is 8.18. The van der Waals surface area contributed by atoms with Crippen LogP contribution in [0.3, 0.4) is 0 Å². The molecule has 2 heterocycles. The van der Waals surface area contributed by atoms with Crippen molar-refractivity contribution in [3.8, 4) is 0 Å². The van der Waals surface area contributed by atoms with E-state index in [0.29, 0.717) is 19.0 Å². The maximum absolute atomic E-state index is 12.7. The molecular formula is C19H23BrN4O2. The van der Waals surface area contributed by atoms with Crippen molar-refractivity contribution in [2.45, 2.75) is 45.4 Å². The number of halogens is 1. The van der Waals surface area contributed by atoms with Crippen molar-refractivity contribution < 1.29 is 9.53 Å². The van der Waals surface area contributed by atoms with E-state index in [9.17, 15) is 4.79 Å². The van der Waals surface area contributed by atoms with Crippen molar-refractivity contribution in [2.75, 3.05) is 11.9 Å². The van der Waals surface area contributed by atoms with Gasteiger partial charge in [0.2, 0.25) is 5.95 Å². The van der Waals surface area contributed by atoms with Crippen molar-refractivity contribution in [2.24, 2.45) is 0 Å². The highest BCUT2D eigenvalue weighted by molar-refractivity contribution is 9.10. The predicted molar refractivity (Wildman–Crippen MR) is 104 cm³/mol. The molecule has 0 saturated carbocycles. The highest BCUT2D eigenvalue weighted by Gasteiger charge is 2.32. The molecular weight excluding hydrogens is 396 g/mol. The molecule has 2 aromatic rings. The summed E-state index contributed by atoms with van der Waals surface area (Å²) in [6.45, 7) is 6.73. The lowest BCUT2D eigenvalue weighted by molar-refractivity contribution is 0.0132. The third-order valence-electron chi connectivity index (χ3n) is 4.10. The highest BCUT2D eigenvalue weighted by Crippen LogP contribution is 2.25. The minimum Gasteiger partial charge on any atom is -0.444 e. The molecule has 138 valence electrons. The smallest absolute Gasteiger partial charge is 0.410 e. The van der Waals surface area contributed by atoms with Gasteiger partial charge in [-0.05, 0) is 54.2 Å². The summed E-state index contributed by atoms with van der Waals surface area (Å²) >= 11 is 3.33. The first-order chi connectivity index (χ1) is 12.3. The van der Waals surface area contributed by atoms with Crippen molar-refractivity contribution in [3.05, 3.63) is 52.3 Å². The van der Waals surface area contributed by atoms with E-state index in [1.165, 1.54) is 5.56 Å². The number of carbonyl (C=O) groups is 1. The van der Waals surface area contributed by atoms with Crippen LogP contribution in [0.2, 0.25) is 0 Å². The summed E-state index contributed by atoms with van der Waals surface area (Å²) in [5.41, 5.74) is 1.89. The summed E-state index contributed by atoms with van der Waals surface area (Å²) in [7, 11) is 0. The van der Waals surface area contributed by atoms with Gasteiger partial charge in [-0.3, -0.25) is 4.90 Å². The molecule has 1 unspecified atom stereocenters. The fourth-order valence-electron chi connectivity index (χ4n) is 2.92. The topological polar surface area (TPSA) is 67.3 Å². The number of amides is 1. The Hall–Kier alpha value is -2.15. The Balaban J connectivity index is 1.76. The summed E-state index contributed by atoms with van der Waals surface area (Å²) in [5.74, 6) is 0.538. The minimum absolute atomic E-state index is 0.0352. The largest absolute Gasteiger partial charge is 0.444 e. The van der Waals surface area contributed by atoms with Crippen LogP contribution in [-0.4, -0.2) is 39.1 Å². The quantitative estimate of drug-likeness (QED) is 0.814. The SMILES string of the molecule is CC(C)(C)OC(=O)N1Cc2ccccc2CC1CNc1ncc(Br)cn1. The van der Waals surface area contributed by atoms with E-state index in [4.69, 9.17) is 4.74 Å². The van der Waals surface area contributed by atoms with Crippen LogP contribution in [-0.2, 0) is 17.7 Å². The van der Waals surface area contributed by atoms with Crippen LogP contribution in [0.5, 0.6) is 0 Å². The second-order valence-corrected chi connectivity index (χ2v) is 8.26. The maximum atomic E-state index is 12.7. The highest BCUT2D eigenvalue weighted by atomic mass is 79.9. The lowest BCUT2D eigenvalue weighted by atomic mass is 9.94. The van der Waals surface area contributed by atoms with Crippen molar-refractivity contribution >= 4 is 28.0 Å². The van der Waals surface area contributed by atoms with Gasteiger partial charge in [0.15, 0.2) is 0 Å². The molecule has 1 aliphatic heterocycles. The molecule has 0 spiro atoms. The van der Waals surface area contributed by atoms with E-state index in [0.717, 1.165) is 16.5 Å². The molecule has 1 aromatic carbocycles. The van der Waals surface area contributed by atoms with Crippen LogP contribution in [0.15, 0.2) is 41.1 Å². The average molecular weight is 419 g/mol. The Kier molecular flexibility index (Phi) is 5.46. The Labute approximate surface area is 162 Å². The van der Waals surface area contributed by atoms with Gasteiger partial charge < -0.3 is 10.1 Å². The van der Waals surface area contributed by atoms with Gasteiger partial charge in [0.05, 0.1) is 10.5 Å². The van der Waals surface area contributed by atoms with Gasteiger partial charge in [0.1, 0.15) is 5.60 Å². The Bertz CT molecular complexity index is 774. The third kappa shape index (κ3) is 4.72. The maximum Gasteiger partial charge on any atom is 0.410 e. The molecule has 0 radical (unpaired) electrons. The van der Waals surface area contributed by atoms with Crippen LogP contribution in [0.25, 0.3) is 0 Å². The summed E-state index contributed by atoms with van der Waals surface area (Å²) in [6.07, 6.45) is 3.85. The molecule has 1 atom stereocenters. The number of nitrogens with one attached hydrogen (secondary N) is 1. The summed E-state index contributed by atoms with van der Waals surface area (Å²) in [5, 5.41) is 3.23. The normalized spacial score (nSPS) is 16.8. The molecule has 0 bridgehead atoms. The number of ether oxygens (including phenoxy) is 1. The minimum atomic E-state index is -0.527. The van der Waals surface area contributed by atoms with Crippen molar-refractivity contribution in [1.29, 1.82) is 0 Å². The fraction of sp³-hybridized carbons (Fsp3) is 0.421. The second-order valence-electron chi connectivity index (χ2n) is 7.34. The van der Waals surface area contributed by atoms with Gasteiger partial charge in [0, 0.05) is 25.5 Å². The molecule has 1 N–H and O–H groups in total. The molecule has 0 saturated heterocycles. The van der Waals surface area contributed by atoms with E-state index < -0.39 is 5.60 Å². The number of benzene rings is 1. The number of rotatable bonds is 3. The zero-order chi connectivity index (χ0) is 18.7. The number of aromatic nitrogens is 2. The number of hydrogen-bond donors (Lipinski definition) is 1. The van der Waals surface area contributed by atoms with Gasteiger partial charge >= 0.3 is 6.09 Å². The fourth-order valence-corrected chi connectivity index (χ4v) is 3.12. The summed E-state index contributed by atoms with van der Waals surface area (Å²) < 4.78 is 6.44. The van der Waals surface area contributed by atoms with Crippen LogP contribution in [0.4, 0.5) is 10.7 Å². The standard InChI is InChI=1S/C19H23BrN4O2/c1-19(2,3)26-18(25)24-12-14-7-5-4-6-13(14)8-16(24)11-23-17-21-9-15(20)10-22-17/h4-7,9-10,16H,8,11-12H2,1-3H3,(H,21,22,23). The zero-order valence-electron chi connectivity index (χ0n) is 15.2. The predicted octanol–water partition coefficient (Wildman–Crippen LogP) is 4.01. The number of fused-ring (bicyclic) bond motifs is 1. The van der Waals surface area contributed by atoms with Gasteiger partial charge in [-0.25, -0.2) is 14.8 Å². The first-order valence-corrected chi connectivity index (χ1v) is 9.39. The van der Waals surface area contributed by atoms with E-state index in [1.54, 1.807) is 17.3 Å². The van der Waals surface area contributed by atoms with E-state index in [-0.39, 0.29) is 12.1 Å². The molecule has 0 fully saturated rings. The average Bonchev–Trinajstić information content (AvgIpc) is 2.59. The van der Waals surface area contributed by atoms with Gasteiger partial charge in [0.25, 0.3) is 0 Å². The molecule has 0 aliphatic carbocycles. The number of nitrogens with zero attached hydrogens (tertiary/aromatic N) is 3. The first-order valence-electron chi connectivity index (χ1n) is 8.59. The molecule has 26 heavy (non-hydrogen) atoms. The van der Waals surface area contributed by atoms with E-state index in [1.807, 2.05) is 32.9 Å². The Morgan fingerprint density at radius 1 is 1.27 bits per heavy atom. The van der Waals surface area contributed by atoms with E-state index >= 15 is 0 Å². The Morgan fingerprint density at radius 3 is 2.58 bits per heavy atom. The summed E-state index contributed by atoms with van der Waals surface area (Å²) in [4.78, 5) is 23.0. The first kappa shape index (κ1) is 18.6. The molecule has 7 heteroatoms. The molecule has 3 rings (SSSR count). The molecule has 1 aromatic heterocycles. The van der Waals surface area contributed by atoms with Crippen molar-refractivity contribution in [3.63, 3.8) is 0 Å². The van der Waals surface area contributed by atoms with Crippen LogP contribution < -0.4 is 5.32 Å². The van der Waals surface area contributed by atoms with E-state index in [2.05, 4.69) is 43.3 Å². The Morgan fingerprint density at radius 2 is 1.92 bits per heavy atom. The molecule has 6 nitrogen and oxygen atoms in total. The van der Waals surface area contributed by atoms with Crippen molar-refractivity contribution in [1.82, 2.24) is 14.9 Å². The molecule has 1 aliphatic rings. The number of hydrogen-bond acceptors (Lipinski definition) is 5. The van der Waals surface area contributed by atoms with Crippen LogP contribution in [0.1, 0.15) is 31.9 Å². The van der Waals surface area contributed by atoms with Gasteiger partial charge in [-0.15, -0.1) is 0 Å². The monoisotopic (exact) mass is 418 g/mol. The lowest BCUT2D eigenvalue weighted by Crippen LogP contribution is -2.49. The zero-order valence-corrected chi connectivity index (χ0v) is 16.8. The van der Waals surface area contributed by atoms with Gasteiger partial charge in [-0.2, -0.15) is 0 Å².